The molecule has 0 spiro atoms. The molecule has 120 valence electrons. The first kappa shape index (κ1) is 13.8. The monoisotopic (exact) mass is 317 g/mol. The van der Waals surface area contributed by atoms with Crippen molar-refractivity contribution in [1.29, 1.82) is 0 Å². The van der Waals surface area contributed by atoms with Crippen LogP contribution in [0.5, 0.6) is 5.75 Å². The first-order valence-electron chi connectivity index (χ1n) is 8.67. The summed E-state index contributed by atoms with van der Waals surface area (Å²) >= 11 is 0. The first-order chi connectivity index (χ1) is 11.9. The molecule has 0 amide bonds. The fourth-order valence-corrected chi connectivity index (χ4v) is 3.39. The van der Waals surface area contributed by atoms with Crippen molar-refractivity contribution in [1.82, 2.24) is 14.8 Å². The Balaban J connectivity index is 1.50. The van der Waals surface area contributed by atoms with Crippen LogP contribution in [0.2, 0.25) is 0 Å². The van der Waals surface area contributed by atoms with E-state index in [1.807, 2.05) is 16.8 Å². The summed E-state index contributed by atoms with van der Waals surface area (Å²) in [5.74, 6) is 2.67. The summed E-state index contributed by atoms with van der Waals surface area (Å²) in [6.07, 6.45) is 5.00. The summed E-state index contributed by atoms with van der Waals surface area (Å²) in [5, 5.41) is 4.72. The van der Waals surface area contributed by atoms with Gasteiger partial charge in [-0.2, -0.15) is 5.10 Å². The summed E-state index contributed by atoms with van der Waals surface area (Å²) in [6.45, 7) is 0.887. The minimum absolute atomic E-state index is 0.385. The average Bonchev–Trinajstić information content (AvgIpc) is 3.03. The van der Waals surface area contributed by atoms with Crippen molar-refractivity contribution in [2.75, 3.05) is 0 Å². The maximum atomic E-state index is 6.01. The molecule has 1 aromatic heterocycles. The highest BCUT2D eigenvalue weighted by Gasteiger charge is 2.21. The molecule has 1 fully saturated rings. The van der Waals surface area contributed by atoms with Gasteiger partial charge in [0.1, 0.15) is 5.75 Å². The van der Waals surface area contributed by atoms with E-state index in [-0.39, 0.29) is 0 Å². The summed E-state index contributed by atoms with van der Waals surface area (Å²) < 4.78 is 8.03. The van der Waals surface area contributed by atoms with Gasteiger partial charge in [0.05, 0.1) is 6.10 Å². The highest BCUT2D eigenvalue weighted by atomic mass is 16.5. The van der Waals surface area contributed by atoms with E-state index in [0.717, 1.165) is 48.8 Å². The Morgan fingerprint density at radius 2 is 1.96 bits per heavy atom. The van der Waals surface area contributed by atoms with Gasteiger partial charge >= 0.3 is 0 Å². The van der Waals surface area contributed by atoms with Crippen molar-refractivity contribution in [3.8, 4) is 28.5 Å². The molecule has 4 nitrogen and oxygen atoms in total. The van der Waals surface area contributed by atoms with Gasteiger partial charge < -0.3 is 4.74 Å². The number of aromatic nitrogens is 3. The molecule has 1 aliphatic heterocycles. The molecule has 24 heavy (non-hydrogen) atoms. The number of fused-ring (bicyclic) bond motifs is 3. The number of nitrogens with zero attached hydrogens (tertiary/aromatic N) is 3. The van der Waals surface area contributed by atoms with Crippen LogP contribution in [0, 0.1) is 0 Å². The van der Waals surface area contributed by atoms with Gasteiger partial charge in [-0.15, -0.1) is 0 Å². The molecule has 2 aromatic carbocycles. The molecule has 0 bridgehead atoms. The summed E-state index contributed by atoms with van der Waals surface area (Å²) in [4.78, 5) is 4.81. The zero-order chi connectivity index (χ0) is 15.9. The van der Waals surface area contributed by atoms with Gasteiger partial charge in [0.25, 0.3) is 0 Å². The van der Waals surface area contributed by atoms with Crippen LogP contribution in [0.3, 0.4) is 0 Å². The predicted molar refractivity (Wildman–Crippen MR) is 92.9 cm³/mol. The molecule has 1 saturated carbocycles. The number of hydrogen-bond acceptors (Lipinski definition) is 3. The van der Waals surface area contributed by atoms with Crippen molar-refractivity contribution in [2.24, 2.45) is 0 Å². The third kappa shape index (κ3) is 2.30. The van der Waals surface area contributed by atoms with Crippen LogP contribution in [0.15, 0.2) is 48.5 Å². The topological polar surface area (TPSA) is 39.9 Å². The Labute approximate surface area is 141 Å². The van der Waals surface area contributed by atoms with Crippen molar-refractivity contribution >= 4 is 0 Å². The van der Waals surface area contributed by atoms with Crippen LogP contribution in [0.4, 0.5) is 0 Å². The number of benzene rings is 2. The normalized spacial score (nSPS) is 16.2. The van der Waals surface area contributed by atoms with Gasteiger partial charge in [-0.05, 0) is 43.4 Å². The van der Waals surface area contributed by atoms with E-state index in [9.17, 15) is 0 Å². The maximum absolute atomic E-state index is 6.01. The minimum Gasteiger partial charge on any atom is -0.490 e. The van der Waals surface area contributed by atoms with E-state index in [2.05, 4.69) is 36.4 Å². The van der Waals surface area contributed by atoms with Crippen LogP contribution >= 0.6 is 0 Å². The molecular formula is C20H19N3O. The molecule has 3 aromatic rings. The van der Waals surface area contributed by atoms with E-state index in [1.165, 1.54) is 17.5 Å². The highest BCUT2D eigenvalue weighted by Crippen LogP contribution is 2.31. The minimum atomic E-state index is 0.385. The lowest BCUT2D eigenvalue weighted by atomic mass is 9.96. The van der Waals surface area contributed by atoms with Crippen molar-refractivity contribution in [3.05, 3.63) is 54.1 Å². The molecule has 0 saturated heterocycles. The molecule has 0 unspecified atom stereocenters. The smallest absolute Gasteiger partial charge is 0.181 e. The maximum Gasteiger partial charge on any atom is 0.181 e. The van der Waals surface area contributed by atoms with Crippen molar-refractivity contribution in [3.63, 3.8) is 0 Å². The third-order valence-corrected chi connectivity index (χ3v) is 4.97. The fourth-order valence-electron chi connectivity index (χ4n) is 3.39. The van der Waals surface area contributed by atoms with E-state index >= 15 is 0 Å². The fraction of sp³-hybridized carbons (Fsp3) is 0.300. The SMILES string of the molecule is c1cc(OC2CCC2)cc(-c2nc3n(n2)CCc2ccccc2-3)c1. The van der Waals surface area contributed by atoms with Crippen LogP contribution in [0.25, 0.3) is 22.8 Å². The second kappa shape index (κ2) is 5.48. The van der Waals surface area contributed by atoms with Gasteiger partial charge in [-0.3, -0.25) is 0 Å². The molecule has 2 heterocycles. The lowest BCUT2D eigenvalue weighted by Crippen LogP contribution is -2.24. The summed E-state index contributed by atoms with van der Waals surface area (Å²) in [6, 6.07) is 16.6. The van der Waals surface area contributed by atoms with Gasteiger partial charge in [0.2, 0.25) is 0 Å². The molecule has 1 aliphatic carbocycles. The highest BCUT2D eigenvalue weighted by molar-refractivity contribution is 5.66. The predicted octanol–water partition coefficient (Wildman–Crippen LogP) is 4.10. The van der Waals surface area contributed by atoms with Crippen LogP contribution in [-0.2, 0) is 13.0 Å². The van der Waals surface area contributed by atoms with Crippen LogP contribution in [-0.4, -0.2) is 20.9 Å². The van der Waals surface area contributed by atoms with Crippen molar-refractivity contribution < 1.29 is 4.74 Å². The number of hydrogen-bond donors (Lipinski definition) is 0. The molecule has 2 aliphatic rings. The van der Waals surface area contributed by atoms with E-state index < -0.39 is 0 Å². The lowest BCUT2D eigenvalue weighted by molar-refractivity contribution is 0.120. The van der Waals surface area contributed by atoms with E-state index in [0.29, 0.717) is 6.10 Å². The standard InChI is InChI=1S/C20H19N3O/c1-2-10-18-14(5-1)11-12-23-20(18)21-19(22-23)15-6-3-9-17(13-15)24-16-7-4-8-16/h1-3,5-6,9-10,13,16H,4,7-8,11-12H2. The lowest BCUT2D eigenvalue weighted by Gasteiger charge is -2.26. The molecule has 5 rings (SSSR count). The Bertz CT molecular complexity index is 895. The van der Waals surface area contributed by atoms with Crippen LogP contribution < -0.4 is 4.74 Å². The second-order valence-electron chi connectivity index (χ2n) is 6.59. The summed E-state index contributed by atoms with van der Waals surface area (Å²) in [5.41, 5.74) is 3.57. The summed E-state index contributed by atoms with van der Waals surface area (Å²) in [7, 11) is 0. The molecular weight excluding hydrogens is 298 g/mol. The number of rotatable bonds is 3. The molecule has 0 radical (unpaired) electrons. The van der Waals surface area contributed by atoms with E-state index in [4.69, 9.17) is 14.8 Å². The number of aryl methyl sites for hydroxylation is 2. The van der Waals surface area contributed by atoms with Crippen molar-refractivity contribution in [2.45, 2.75) is 38.3 Å². The van der Waals surface area contributed by atoms with Gasteiger partial charge in [-0.25, -0.2) is 9.67 Å². The number of ether oxygens (including phenoxy) is 1. The largest absolute Gasteiger partial charge is 0.490 e. The first-order valence-corrected chi connectivity index (χ1v) is 8.67. The zero-order valence-corrected chi connectivity index (χ0v) is 13.5. The van der Waals surface area contributed by atoms with Gasteiger partial charge in [0.15, 0.2) is 11.6 Å². The zero-order valence-electron chi connectivity index (χ0n) is 13.5. The Hall–Kier alpha value is -2.62. The molecule has 0 atom stereocenters. The Morgan fingerprint density at radius 1 is 1.04 bits per heavy atom. The Kier molecular flexibility index (Phi) is 3.15. The average molecular weight is 317 g/mol. The second-order valence-corrected chi connectivity index (χ2v) is 6.59. The molecule has 4 heteroatoms. The van der Waals surface area contributed by atoms with Gasteiger partial charge in [0, 0.05) is 17.7 Å². The van der Waals surface area contributed by atoms with Gasteiger partial charge in [-0.1, -0.05) is 36.4 Å². The Morgan fingerprint density at radius 3 is 2.83 bits per heavy atom. The quantitative estimate of drug-likeness (QED) is 0.730. The van der Waals surface area contributed by atoms with E-state index in [1.54, 1.807) is 0 Å². The van der Waals surface area contributed by atoms with Crippen LogP contribution in [0.1, 0.15) is 24.8 Å². The molecule has 0 N–H and O–H groups in total. The third-order valence-electron chi connectivity index (χ3n) is 4.97.